The van der Waals surface area contributed by atoms with Gasteiger partial charge in [0, 0.05) is 16.1 Å². The van der Waals surface area contributed by atoms with Crippen LogP contribution in [0.1, 0.15) is 4.88 Å². The van der Waals surface area contributed by atoms with Crippen molar-refractivity contribution in [1.82, 2.24) is 4.98 Å². The van der Waals surface area contributed by atoms with Crippen LogP contribution in [0.2, 0.25) is 0 Å². The van der Waals surface area contributed by atoms with Crippen molar-refractivity contribution in [2.24, 2.45) is 0 Å². The number of thiazole rings is 1. The lowest BCUT2D eigenvalue weighted by molar-refractivity contribution is -0.136. The van der Waals surface area contributed by atoms with E-state index in [2.05, 4.69) is 10.3 Å². The molecule has 3 rings (SSSR count). The number of aliphatic carboxylic acids is 1. The fourth-order valence-electron chi connectivity index (χ4n) is 2.53. The van der Waals surface area contributed by atoms with Gasteiger partial charge in [-0.1, -0.05) is 0 Å². The summed E-state index contributed by atoms with van der Waals surface area (Å²) < 4.78 is 23.7. The van der Waals surface area contributed by atoms with Gasteiger partial charge in [0.2, 0.25) is 0 Å². The first kappa shape index (κ1) is 18.7. The molecule has 0 bridgehead atoms. The number of carbonyl (C=O) groups is 1. The number of ether oxygens (including phenoxy) is 2. The molecule has 0 aliphatic heterocycles. The molecule has 0 saturated heterocycles. The molecular weight excluding hydrogens is 371 g/mol. The van der Waals surface area contributed by atoms with E-state index in [1.807, 2.05) is 0 Å². The Hall–Kier alpha value is -3.13. The number of aromatic nitrogens is 1. The minimum absolute atomic E-state index is 0.182. The molecule has 0 radical (unpaired) electrons. The largest absolute Gasteiger partial charge is 0.497 e. The molecule has 0 aliphatic rings. The van der Waals surface area contributed by atoms with Crippen molar-refractivity contribution in [2.75, 3.05) is 19.5 Å². The number of nitrogens with one attached hydrogen (secondary N) is 1. The SMILES string of the molecule is COc1ccc(OC)c(-c2nc(Nc3ccc(F)cc3)sc2CC(=O)O)c1. The third-order valence-electron chi connectivity index (χ3n) is 3.77. The molecule has 0 fully saturated rings. The third kappa shape index (κ3) is 4.35. The van der Waals surface area contributed by atoms with Crippen LogP contribution in [-0.2, 0) is 11.2 Å². The van der Waals surface area contributed by atoms with E-state index >= 15 is 0 Å². The molecule has 0 saturated carbocycles. The van der Waals surface area contributed by atoms with Gasteiger partial charge in [-0.3, -0.25) is 4.79 Å². The van der Waals surface area contributed by atoms with E-state index < -0.39 is 5.97 Å². The lowest BCUT2D eigenvalue weighted by Crippen LogP contribution is -2.00. The highest BCUT2D eigenvalue weighted by Gasteiger charge is 2.19. The number of carboxylic acid groups (broad SMARTS) is 1. The van der Waals surface area contributed by atoms with Crippen molar-refractivity contribution in [1.29, 1.82) is 0 Å². The van der Waals surface area contributed by atoms with Crippen molar-refractivity contribution < 1.29 is 23.8 Å². The van der Waals surface area contributed by atoms with Gasteiger partial charge in [0.05, 0.1) is 26.3 Å². The van der Waals surface area contributed by atoms with Gasteiger partial charge in [0.1, 0.15) is 17.3 Å². The first-order chi connectivity index (χ1) is 13.0. The van der Waals surface area contributed by atoms with Crippen LogP contribution in [0, 0.1) is 5.82 Å². The highest BCUT2D eigenvalue weighted by molar-refractivity contribution is 7.16. The van der Waals surface area contributed by atoms with Crippen molar-refractivity contribution >= 4 is 28.1 Å². The van der Waals surface area contributed by atoms with Crippen LogP contribution < -0.4 is 14.8 Å². The van der Waals surface area contributed by atoms with Gasteiger partial charge < -0.3 is 19.9 Å². The minimum Gasteiger partial charge on any atom is -0.497 e. The van der Waals surface area contributed by atoms with Crippen LogP contribution in [-0.4, -0.2) is 30.3 Å². The fraction of sp³-hybridized carbons (Fsp3) is 0.158. The quantitative estimate of drug-likeness (QED) is 0.627. The Bertz CT molecular complexity index is 957. The average Bonchev–Trinajstić information content (AvgIpc) is 3.04. The van der Waals surface area contributed by atoms with Gasteiger partial charge in [-0.05, 0) is 42.5 Å². The van der Waals surface area contributed by atoms with E-state index in [9.17, 15) is 14.3 Å². The Kier molecular flexibility index (Phi) is 5.56. The number of benzene rings is 2. The Morgan fingerprint density at radius 2 is 1.93 bits per heavy atom. The second-order valence-electron chi connectivity index (χ2n) is 5.56. The van der Waals surface area contributed by atoms with E-state index in [0.29, 0.717) is 38.5 Å². The van der Waals surface area contributed by atoms with E-state index in [-0.39, 0.29) is 12.2 Å². The van der Waals surface area contributed by atoms with Crippen LogP contribution in [0.4, 0.5) is 15.2 Å². The Morgan fingerprint density at radius 3 is 2.56 bits per heavy atom. The summed E-state index contributed by atoms with van der Waals surface area (Å²) in [5.41, 5.74) is 1.79. The molecule has 0 atom stereocenters. The first-order valence-corrected chi connectivity index (χ1v) is 8.78. The third-order valence-corrected chi connectivity index (χ3v) is 4.74. The standard InChI is InChI=1S/C19H17FN2O4S/c1-25-13-7-8-15(26-2)14(9-13)18-16(10-17(23)24)27-19(22-18)21-12-5-3-11(20)4-6-12/h3-9H,10H2,1-2H3,(H,21,22)(H,23,24). The number of anilines is 2. The van der Waals surface area contributed by atoms with E-state index in [1.165, 1.54) is 30.6 Å². The average molecular weight is 388 g/mol. The van der Waals surface area contributed by atoms with Gasteiger partial charge in [0.15, 0.2) is 5.13 Å². The van der Waals surface area contributed by atoms with Crippen molar-refractivity contribution in [3.05, 3.63) is 53.2 Å². The summed E-state index contributed by atoms with van der Waals surface area (Å²) in [5, 5.41) is 12.8. The number of nitrogens with zero attached hydrogens (tertiary/aromatic N) is 1. The first-order valence-electron chi connectivity index (χ1n) is 7.96. The molecule has 8 heteroatoms. The molecular formula is C19H17FN2O4S. The molecule has 0 aliphatic carbocycles. The summed E-state index contributed by atoms with van der Waals surface area (Å²) in [6.45, 7) is 0. The highest BCUT2D eigenvalue weighted by atomic mass is 32.1. The maximum Gasteiger partial charge on any atom is 0.308 e. The van der Waals surface area contributed by atoms with Gasteiger partial charge in [-0.2, -0.15) is 0 Å². The van der Waals surface area contributed by atoms with E-state index in [4.69, 9.17) is 9.47 Å². The number of hydrogen-bond acceptors (Lipinski definition) is 6. The molecule has 1 aromatic heterocycles. The fourth-order valence-corrected chi connectivity index (χ4v) is 3.52. The Labute approximate surface area is 159 Å². The van der Waals surface area contributed by atoms with Crippen LogP contribution >= 0.6 is 11.3 Å². The summed E-state index contributed by atoms with van der Waals surface area (Å²) in [6, 6.07) is 11.1. The van der Waals surface area contributed by atoms with Gasteiger partial charge in [-0.25, -0.2) is 9.37 Å². The zero-order valence-electron chi connectivity index (χ0n) is 14.7. The molecule has 6 nitrogen and oxygen atoms in total. The highest BCUT2D eigenvalue weighted by Crippen LogP contribution is 2.39. The monoisotopic (exact) mass is 388 g/mol. The van der Waals surface area contributed by atoms with Crippen LogP contribution in [0.15, 0.2) is 42.5 Å². The molecule has 140 valence electrons. The van der Waals surface area contributed by atoms with Crippen LogP contribution in [0.5, 0.6) is 11.5 Å². The lowest BCUT2D eigenvalue weighted by atomic mass is 10.1. The zero-order valence-corrected chi connectivity index (χ0v) is 15.5. The Morgan fingerprint density at radius 1 is 1.19 bits per heavy atom. The molecule has 0 unspecified atom stereocenters. The molecule has 0 amide bonds. The molecule has 2 N–H and O–H groups in total. The van der Waals surface area contributed by atoms with Crippen LogP contribution in [0.25, 0.3) is 11.3 Å². The lowest BCUT2D eigenvalue weighted by Gasteiger charge is -2.10. The zero-order chi connectivity index (χ0) is 19.4. The van der Waals surface area contributed by atoms with Crippen molar-refractivity contribution in [2.45, 2.75) is 6.42 Å². The maximum atomic E-state index is 13.1. The number of halogens is 1. The second-order valence-corrected chi connectivity index (χ2v) is 6.64. The van der Waals surface area contributed by atoms with Crippen molar-refractivity contribution in [3.63, 3.8) is 0 Å². The topological polar surface area (TPSA) is 80.7 Å². The predicted molar refractivity (Wildman–Crippen MR) is 102 cm³/mol. The van der Waals surface area contributed by atoms with Gasteiger partial charge in [0.25, 0.3) is 0 Å². The number of methoxy groups -OCH3 is 2. The molecule has 27 heavy (non-hydrogen) atoms. The number of rotatable bonds is 7. The second kappa shape index (κ2) is 8.05. The summed E-state index contributed by atoms with van der Waals surface area (Å²) in [6.07, 6.45) is -0.182. The molecule has 1 heterocycles. The van der Waals surface area contributed by atoms with E-state index in [0.717, 1.165) is 0 Å². The summed E-state index contributed by atoms with van der Waals surface area (Å²) in [7, 11) is 3.08. The summed E-state index contributed by atoms with van der Waals surface area (Å²) >= 11 is 1.22. The summed E-state index contributed by atoms with van der Waals surface area (Å²) in [5.74, 6) is -0.141. The van der Waals surface area contributed by atoms with Gasteiger partial charge >= 0.3 is 5.97 Å². The minimum atomic E-state index is -0.963. The smallest absolute Gasteiger partial charge is 0.308 e. The summed E-state index contributed by atoms with van der Waals surface area (Å²) in [4.78, 5) is 16.4. The molecule has 0 spiro atoms. The Balaban J connectivity index is 2.04. The number of hydrogen-bond donors (Lipinski definition) is 2. The molecule has 2 aromatic carbocycles. The van der Waals surface area contributed by atoms with Crippen molar-refractivity contribution in [3.8, 4) is 22.8 Å². The molecule has 3 aromatic rings. The maximum absolute atomic E-state index is 13.1. The predicted octanol–water partition coefficient (Wildman–Crippen LogP) is 4.34. The van der Waals surface area contributed by atoms with E-state index in [1.54, 1.807) is 37.4 Å². The number of carboxylic acids is 1. The van der Waals surface area contributed by atoms with Crippen LogP contribution in [0.3, 0.4) is 0 Å². The normalized spacial score (nSPS) is 10.5. The van der Waals surface area contributed by atoms with Gasteiger partial charge in [-0.15, -0.1) is 11.3 Å².